The number of rotatable bonds is 5. The third-order valence-corrected chi connectivity index (χ3v) is 4.00. The van der Waals surface area contributed by atoms with Crippen LogP contribution in [0.3, 0.4) is 0 Å². The van der Waals surface area contributed by atoms with Crippen molar-refractivity contribution in [3.63, 3.8) is 0 Å². The minimum atomic E-state index is 0.458. The van der Waals surface area contributed by atoms with Crippen molar-refractivity contribution in [3.8, 4) is 0 Å². The molecule has 0 radical (unpaired) electrons. The summed E-state index contributed by atoms with van der Waals surface area (Å²) in [7, 11) is 0. The van der Waals surface area contributed by atoms with Crippen molar-refractivity contribution >= 4 is 10.9 Å². The van der Waals surface area contributed by atoms with Crippen molar-refractivity contribution in [1.29, 1.82) is 0 Å². The molecule has 102 valence electrons. The molecule has 1 fully saturated rings. The summed E-state index contributed by atoms with van der Waals surface area (Å²) in [5.74, 6) is 0. The second-order valence-electron chi connectivity index (χ2n) is 5.33. The summed E-state index contributed by atoms with van der Waals surface area (Å²) in [4.78, 5) is 0. The van der Waals surface area contributed by atoms with E-state index in [9.17, 15) is 0 Å². The van der Waals surface area contributed by atoms with Gasteiger partial charge in [-0.3, -0.25) is 0 Å². The number of para-hydroxylation sites is 1. The molecule has 1 unspecified atom stereocenters. The van der Waals surface area contributed by atoms with Crippen LogP contribution in [-0.2, 0) is 17.7 Å². The molecule has 19 heavy (non-hydrogen) atoms. The fourth-order valence-electron chi connectivity index (χ4n) is 3.02. The van der Waals surface area contributed by atoms with Gasteiger partial charge in [0.2, 0.25) is 0 Å². The molecule has 1 aromatic heterocycles. The van der Waals surface area contributed by atoms with Gasteiger partial charge in [0.25, 0.3) is 0 Å². The fraction of sp³-hybridized carbons (Fsp3) is 0.500. The number of aryl methyl sites for hydroxylation is 1. The van der Waals surface area contributed by atoms with Gasteiger partial charge in [-0.1, -0.05) is 18.2 Å². The lowest BCUT2D eigenvalue weighted by atomic mass is 10.1. The molecule has 0 aliphatic carbocycles. The van der Waals surface area contributed by atoms with Crippen LogP contribution < -0.4 is 5.73 Å². The van der Waals surface area contributed by atoms with Gasteiger partial charge in [0, 0.05) is 30.3 Å². The second kappa shape index (κ2) is 5.76. The number of nitrogens with two attached hydrogens (primary N) is 1. The predicted octanol–water partition coefficient (Wildman–Crippen LogP) is 2.71. The molecule has 2 heterocycles. The minimum Gasteiger partial charge on any atom is -0.378 e. The SMILES string of the molecule is NCCc1cn(CCC2CCCO2)c2ccccc12. The monoisotopic (exact) mass is 258 g/mol. The highest BCUT2D eigenvalue weighted by atomic mass is 16.5. The summed E-state index contributed by atoms with van der Waals surface area (Å²) in [6.45, 7) is 2.69. The van der Waals surface area contributed by atoms with Crippen LogP contribution in [0, 0.1) is 0 Å². The molecule has 2 aromatic rings. The Labute approximate surface area is 114 Å². The van der Waals surface area contributed by atoms with Gasteiger partial charge in [-0.05, 0) is 43.9 Å². The molecule has 2 N–H and O–H groups in total. The highest BCUT2D eigenvalue weighted by molar-refractivity contribution is 5.84. The van der Waals surface area contributed by atoms with Crippen molar-refractivity contribution in [2.24, 2.45) is 5.73 Å². The maximum atomic E-state index is 5.71. The van der Waals surface area contributed by atoms with Crippen LogP contribution in [-0.4, -0.2) is 23.8 Å². The van der Waals surface area contributed by atoms with Crippen molar-refractivity contribution in [3.05, 3.63) is 36.0 Å². The average molecular weight is 258 g/mol. The molecule has 3 nitrogen and oxygen atoms in total. The highest BCUT2D eigenvalue weighted by Crippen LogP contribution is 2.23. The van der Waals surface area contributed by atoms with E-state index in [1.54, 1.807) is 0 Å². The Bertz CT molecular complexity index is 541. The first-order valence-electron chi connectivity index (χ1n) is 7.27. The Morgan fingerprint density at radius 2 is 2.21 bits per heavy atom. The zero-order valence-electron chi connectivity index (χ0n) is 11.3. The van der Waals surface area contributed by atoms with Gasteiger partial charge >= 0.3 is 0 Å². The normalized spacial score (nSPS) is 19.3. The van der Waals surface area contributed by atoms with Crippen LogP contribution in [0.25, 0.3) is 10.9 Å². The molecule has 0 spiro atoms. The number of aromatic nitrogens is 1. The summed E-state index contributed by atoms with van der Waals surface area (Å²) in [5.41, 5.74) is 8.39. The lowest BCUT2D eigenvalue weighted by Crippen LogP contribution is -2.09. The standard InChI is InChI=1S/C16H22N2O/c17-9-7-13-12-18(10-8-14-4-3-11-19-14)16-6-2-1-5-15(13)16/h1-2,5-6,12,14H,3-4,7-11,17H2. The molecule has 3 heteroatoms. The Morgan fingerprint density at radius 1 is 1.32 bits per heavy atom. The van der Waals surface area contributed by atoms with Crippen LogP contribution in [0.5, 0.6) is 0 Å². The quantitative estimate of drug-likeness (QED) is 0.895. The number of hydrogen-bond acceptors (Lipinski definition) is 2. The highest BCUT2D eigenvalue weighted by Gasteiger charge is 2.16. The lowest BCUT2D eigenvalue weighted by Gasteiger charge is -2.10. The van der Waals surface area contributed by atoms with Crippen LogP contribution in [0.2, 0.25) is 0 Å². The Hall–Kier alpha value is -1.32. The summed E-state index contributed by atoms with van der Waals surface area (Å²) in [6.07, 6.45) is 7.23. The number of fused-ring (bicyclic) bond motifs is 1. The van der Waals surface area contributed by atoms with E-state index in [-0.39, 0.29) is 0 Å². The second-order valence-corrected chi connectivity index (χ2v) is 5.33. The van der Waals surface area contributed by atoms with Crippen molar-refractivity contribution < 1.29 is 4.74 Å². The molecule has 0 bridgehead atoms. The average Bonchev–Trinajstić information content (AvgIpc) is 3.06. The predicted molar refractivity (Wildman–Crippen MR) is 78.3 cm³/mol. The number of hydrogen-bond donors (Lipinski definition) is 1. The maximum absolute atomic E-state index is 5.71. The van der Waals surface area contributed by atoms with Gasteiger partial charge < -0.3 is 15.0 Å². The van der Waals surface area contributed by atoms with E-state index < -0.39 is 0 Å². The smallest absolute Gasteiger partial charge is 0.0593 e. The van der Waals surface area contributed by atoms with Crippen LogP contribution >= 0.6 is 0 Å². The minimum absolute atomic E-state index is 0.458. The molecular formula is C16H22N2O. The molecule has 3 rings (SSSR count). The van der Waals surface area contributed by atoms with Gasteiger partial charge in [0.1, 0.15) is 0 Å². The van der Waals surface area contributed by atoms with Crippen LogP contribution in [0.15, 0.2) is 30.5 Å². The van der Waals surface area contributed by atoms with Gasteiger partial charge in [-0.25, -0.2) is 0 Å². The van der Waals surface area contributed by atoms with Gasteiger partial charge in [-0.15, -0.1) is 0 Å². The third kappa shape index (κ3) is 2.67. The topological polar surface area (TPSA) is 40.2 Å². The van der Waals surface area contributed by atoms with Gasteiger partial charge in [-0.2, -0.15) is 0 Å². The largest absolute Gasteiger partial charge is 0.378 e. The molecule has 1 atom stereocenters. The molecule has 1 aromatic carbocycles. The maximum Gasteiger partial charge on any atom is 0.0593 e. The summed E-state index contributed by atoms with van der Waals surface area (Å²) < 4.78 is 8.07. The van der Waals surface area contributed by atoms with Crippen LogP contribution in [0.4, 0.5) is 0 Å². The van der Waals surface area contributed by atoms with Gasteiger partial charge in [0.15, 0.2) is 0 Å². The van der Waals surface area contributed by atoms with Gasteiger partial charge in [0.05, 0.1) is 6.10 Å². The molecule has 0 saturated carbocycles. The van der Waals surface area contributed by atoms with E-state index in [4.69, 9.17) is 10.5 Å². The molecule has 1 saturated heterocycles. The Balaban J connectivity index is 1.81. The Kier molecular flexibility index (Phi) is 3.85. The molecular weight excluding hydrogens is 236 g/mol. The fourth-order valence-corrected chi connectivity index (χ4v) is 3.02. The van der Waals surface area contributed by atoms with Crippen LogP contribution in [0.1, 0.15) is 24.8 Å². The summed E-state index contributed by atoms with van der Waals surface area (Å²) >= 11 is 0. The van der Waals surface area contributed by atoms with E-state index in [0.717, 1.165) is 26.0 Å². The van der Waals surface area contributed by atoms with E-state index in [0.29, 0.717) is 12.6 Å². The Morgan fingerprint density at radius 3 is 3.00 bits per heavy atom. The molecule has 1 aliphatic rings. The zero-order valence-corrected chi connectivity index (χ0v) is 11.3. The first-order chi connectivity index (χ1) is 9.38. The van der Waals surface area contributed by atoms with Crippen molar-refractivity contribution in [2.75, 3.05) is 13.2 Å². The van der Waals surface area contributed by atoms with E-state index in [1.165, 1.54) is 29.3 Å². The number of nitrogens with zero attached hydrogens (tertiary/aromatic N) is 1. The molecule has 0 amide bonds. The molecule has 1 aliphatic heterocycles. The lowest BCUT2D eigenvalue weighted by molar-refractivity contribution is 0.101. The van der Waals surface area contributed by atoms with E-state index in [1.807, 2.05) is 0 Å². The van der Waals surface area contributed by atoms with Crippen molar-refractivity contribution in [1.82, 2.24) is 4.57 Å². The summed E-state index contributed by atoms with van der Waals surface area (Å²) in [5, 5.41) is 1.35. The first-order valence-corrected chi connectivity index (χ1v) is 7.27. The van der Waals surface area contributed by atoms with Crippen molar-refractivity contribution in [2.45, 2.75) is 38.3 Å². The first kappa shape index (κ1) is 12.7. The number of benzene rings is 1. The number of ether oxygens (including phenoxy) is 1. The zero-order chi connectivity index (χ0) is 13.1. The summed E-state index contributed by atoms with van der Waals surface area (Å²) in [6, 6.07) is 8.61. The van der Waals surface area contributed by atoms with E-state index >= 15 is 0 Å². The van der Waals surface area contributed by atoms with E-state index in [2.05, 4.69) is 35.0 Å². The third-order valence-electron chi connectivity index (χ3n) is 4.00.